The first-order valence-corrected chi connectivity index (χ1v) is 10.7. The number of hydrogen-bond acceptors (Lipinski definition) is 6. The molecule has 0 unspecified atom stereocenters. The largest absolute Gasteiger partial charge is 0.497 e. The van der Waals surface area contributed by atoms with Gasteiger partial charge in [-0.15, -0.1) is 0 Å². The zero-order valence-electron chi connectivity index (χ0n) is 18.4. The van der Waals surface area contributed by atoms with Gasteiger partial charge in [-0.25, -0.2) is 14.1 Å². The third kappa shape index (κ3) is 2.84. The van der Waals surface area contributed by atoms with Crippen molar-refractivity contribution in [1.82, 2.24) is 4.90 Å². The minimum absolute atomic E-state index is 0.113. The lowest BCUT2D eigenvalue weighted by molar-refractivity contribution is -0.154. The van der Waals surface area contributed by atoms with Gasteiger partial charge >= 0.3 is 12.0 Å². The van der Waals surface area contributed by atoms with Crippen LogP contribution in [0.3, 0.4) is 0 Å². The second kappa shape index (κ2) is 7.47. The molecule has 0 spiro atoms. The van der Waals surface area contributed by atoms with Crippen molar-refractivity contribution in [3.63, 3.8) is 0 Å². The van der Waals surface area contributed by atoms with Crippen LogP contribution in [-0.2, 0) is 14.3 Å². The highest BCUT2D eigenvalue weighted by atomic mass is 19.1. The molecule has 2 saturated heterocycles. The van der Waals surface area contributed by atoms with E-state index in [0.717, 1.165) is 11.0 Å². The monoisotopic (exact) mass is 454 g/mol. The molecule has 2 aromatic rings. The van der Waals surface area contributed by atoms with Gasteiger partial charge in [0.15, 0.2) is 0 Å². The van der Waals surface area contributed by atoms with Crippen molar-refractivity contribution in [1.29, 1.82) is 0 Å². The zero-order chi connectivity index (χ0) is 23.5. The molecule has 9 heteroatoms. The lowest BCUT2D eigenvalue weighted by Gasteiger charge is -2.34. The molecule has 0 aliphatic carbocycles. The number of carbonyl (C=O) groups excluding carboxylic acids is 3. The van der Waals surface area contributed by atoms with E-state index >= 15 is 0 Å². The van der Waals surface area contributed by atoms with Crippen LogP contribution in [0.15, 0.2) is 42.5 Å². The minimum Gasteiger partial charge on any atom is -0.497 e. The van der Waals surface area contributed by atoms with Gasteiger partial charge in [0.1, 0.15) is 22.9 Å². The molecule has 0 aromatic heterocycles. The van der Waals surface area contributed by atoms with E-state index in [-0.39, 0.29) is 18.9 Å². The topological polar surface area (TPSA) is 85.4 Å². The molecule has 4 atom stereocenters. The summed E-state index contributed by atoms with van der Waals surface area (Å²) in [5.74, 6) is -2.08. The number of amides is 3. The first-order chi connectivity index (χ1) is 15.8. The molecule has 0 bridgehead atoms. The van der Waals surface area contributed by atoms with Crippen molar-refractivity contribution >= 4 is 23.6 Å². The maximum absolute atomic E-state index is 13.9. The highest BCUT2D eigenvalue weighted by molar-refractivity contribution is 6.24. The van der Waals surface area contributed by atoms with Crippen molar-refractivity contribution in [3.8, 4) is 11.5 Å². The Morgan fingerprint density at radius 2 is 2.03 bits per heavy atom. The average molecular weight is 454 g/mol. The van der Waals surface area contributed by atoms with Crippen LogP contribution in [0.1, 0.15) is 25.5 Å². The zero-order valence-corrected chi connectivity index (χ0v) is 18.4. The molecule has 3 aliphatic rings. The summed E-state index contributed by atoms with van der Waals surface area (Å²) in [7, 11) is 1.54. The maximum Gasteiger partial charge on any atom is 0.332 e. The van der Waals surface area contributed by atoms with Crippen LogP contribution in [-0.4, -0.2) is 48.7 Å². The van der Waals surface area contributed by atoms with Crippen LogP contribution in [0.2, 0.25) is 0 Å². The Morgan fingerprint density at radius 3 is 2.73 bits per heavy atom. The molecule has 0 radical (unpaired) electrons. The van der Waals surface area contributed by atoms with E-state index in [1.54, 1.807) is 32.0 Å². The van der Waals surface area contributed by atoms with Gasteiger partial charge < -0.3 is 19.1 Å². The Morgan fingerprint density at radius 1 is 1.24 bits per heavy atom. The van der Waals surface area contributed by atoms with Gasteiger partial charge in [-0.05, 0) is 44.2 Å². The molecule has 33 heavy (non-hydrogen) atoms. The van der Waals surface area contributed by atoms with E-state index < -0.39 is 47.1 Å². The molecule has 5 rings (SSSR count). The number of benzene rings is 2. The molecule has 2 fully saturated rings. The quantitative estimate of drug-likeness (QED) is 0.521. The van der Waals surface area contributed by atoms with E-state index in [4.69, 9.17) is 14.2 Å². The lowest BCUT2D eigenvalue weighted by Crippen LogP contribution is -2.51. The van der Waals surface area contributed by atoms with Crippen LogP contribution < -0.4 is 14.4 Å². The first-order valence-electron chi connectivity index (χ1n) is 10.7. The van der Waals surface area contributed by atoms with Crippen molar-refractivity contribution in [2.75, 3.05) is 25.2 Å². The number of nitrogens with zero attached hydrogens (tertiary/aromatic N) is 2. The minimum atomic E-state index is -1.52. The summed E-state index contributed by atoms with van der Waals surface area (Å²) in [5, 5.41) is 0. The maximum atomic E-state index is 13.9. The van der Waals surface area contributed by atoms with Gasteiger partial charge in [0.25, 0.3) is 5.91 Å². The third-order valence-electron chi connectivity index (χ3n) is 6.83. The molecule has 0 N–H and O–H groups in total. The van der Waals surface area contributed by atoms with Gasteiger partial charge in [0.2, 0.25) is 0 Å². The number of ether oxygens (including phenoxy) is 3. The van der Waals surface area contributed by atoms with Gasteiger partial charge in [-0.1, -0.05) is 6.07 Å². The van der Waals surface area contributed by atoms with Crippen LogP contribution >= 0.6 is 0 Å². The predicted molar refractivity (Wildman–Crippen MR) is 114 cm³/mol. The number of methoxy groups -OCH3 is 1. The molecule has 3 amide bonds. The Balaban J connectivity index is 1.68. The Bertz CT molecular complexity index is 1170. The molecule has 3 aliphatic heterocycles. The number of anilines is 1. The van der Waals surface area contributed by atoms with E-state index in [0.29, 0.717) is 17.1 Å². The second-order valence-corrected chi connectivity index (χ2v) is 8.47. The molecule has 8 nitrogen and oxygen atoms in total. The van der Waals surface area contributed by atoms with Crippen molar-refractivity contribution in [2.24, 2.45) is 11.8 Å². The summed E-state index contributed by atoms with van der Waals surface area (Å²) in [4.78, 5) is 43.0. The Labute approximate surface area is 189 Å². The summed E-state index contributed by atoms with van der Waals surface area (Å²) >= 11 is 0. The molecular formula is C24H23FN2O6. The number of esters is 1. The standard InChI is InChI=1S/C24H23FN2O6/c1-4-32-21(28)19-17-12-33-18-11-15(31-3)8-9-16(18)20(17)27-23(30)26(22(29)24(19,27)2)14-7-5-6-13(25)10-14/h5-11,17,19-20H,4,12H2,1-3H3/t17-,19+,20+,24+/m1/s1. The third-order valence-corrected chi connectivity index (χ3v) is 6.83. The fourth-order valence-electron chi connectivity index (χ4n) is 5.44. The SMILES string of the molecule is CCOC(=O)[C@@H]1[C@H]2COc3cc(OC)ccc3[C@@H]2N2C(=O)N(c3cccc(F)c3)C(=O)[C@]12C. The number of hydrogen-bond donors (Lipinski definition) is 0. The van der Waals surface area contributed by atoms with Gasteiger partial charge in [0.05, 0.1) is 38.0 Å². The number of urea groups is 1. The molecule has 172 valence electrons. The Kier molecular flexibility index (Phi) is 4.81. The number of rotatable bonds is 4. The van der Waals surface area contributed by atoms with Gasteiger partial charge in [-0.2, -0.15) is 0 Å². The average Bonchev–Trinajstić information content (AvgIpc) is 3.18. The van der Waals surface area contributed by atoms with Crippen molar-refractivity contribution in [3.05, 3.63) is 53.8 Å². The summed E-state index contributed by atoms with van der Waals surface area (Å²) in [6, 6.07) is 9.30. The highest BCUT2D eigenvalue weighted by Crippen LogP contribution is 2.58. The molecule has 3 heterocycles. The fourth-order valence-corrected chi connectivity index (χ4v) is 5.44. The number of carbonyl (C=O) groups is 3. The van der Waals surface area contributed by atoms with Crippen LogP contribution in [0.25, 0.3) is 0 Å². The van der Waals surface area contributed by atoms with Crippen LogP contribution in [0.4, 0.5) is 14.9 Å². The summed E-state index contributed by atoms with van der Waals surface area (Å²) in [6.45, 7) is 3.52. The van der Waals surface area contributed by atoms with E-state index in [9.17, 15) is 18.8 Å². The van der Waals surface area contributed by atoms with E-state index in [2.05, 4.69) is 0 Å². The van der Waals surface area contributed by atoms with Gasteiger partial charge in [-0.3, -0.25) is 9.59 Å². The van der Waals surface area contributed by atoms with Crippen molar-refractivity contribution in [2.45, 2.75) is 25.4 Å². The normalized spacial score (nSPS) is 27.6. The first kappa shape index (κ1) is 21.2. The fraction of sp³-hybridized carbons (Fsp3) is 0.375. The van der Waals surface area contributed by atoms with Gasteiger partial charge in [0, 0.05) is 17.5 Å². The predicted octanol–water partition coefficient (Wildman–Crippen LogP) is 3.30. The molecule has 2 aromatic carbocycles. The molecule has 0 saturated carbocycles. The number of halogens is 1. The number of fused-ring (bicyclic) bond motifs is 5. The summed E-state index contributed by atoms with van der Waals surface area (Å²) < 4.78 is 30.5. The highest BCUT2D eigenvalue weighted by Gasteiger charge is 2.72. The Hall–Kier alpha value is -3.62. The lowest BCUT2D eigenvalue weighted by atomic mass is 9.77. The smallest absolute Gasteiger partial charge is 0.332 e. The van der Waals surface area contributed by atoms with E-state index in [1.807, 2.05) is 0 Å². The molecular weight excluding hydrogens is 431 g/mol. The van der Waals surface area contributed by atoms with Crippen molar-refractivity contribution < 1.29 is 33.0 Å². The number of imide groups is 1. The van der Waals surface area contributed by atoms with E-state index in [1.165, 1.54) is 30.2 Å². The van der Waals surface area contributed by atoms with Crippen LogP contribution in [0, 0.1) is 17.7 Å². The van der Waals surface area contributed by atoms with Crippen LogP contribution in [0.5, 0.6) is 11.5 Å². The summed E-state index contributed by atoms with van der Waals surface area (Å²) in [5.41, 5.74) is -0.732. The second-order valence-electron chi connectivity index (χ2n) is 8.47. The summed E-state index contributed by atoms with van der Waals surface area (Å²) in [6.07, 6.45) is 0.